The molecule has 3 N–H and O–H groups in total. The number of nitrogens with one attached hydrogen (secondary N) is 3. The first-order chi connectivity index (χ1) is 12.6. The molecule has 0 saturated carbocycles. The minimum Gasteiger partial charge on any atom is -0.333 e. The molecule has 0 fully saturated rings. The highest BCUT2D eigenvalue weighted by atomic mass is 32.2. The smallest absolute Gasteiger partial charge is 0.321 e. The zero-order valence-corrected chi connectivity index (χ0v) is 16.4. The molecule has 0 spiro atoms. The molecule has 9 nitrogen and oxygen atoms in total. The van der Waals surface area contributed by atoms with E-state index in [2.05, 4.69) is 26.1 Å². The highest BCUT2D eigenvalue weighted by Gasteiger charge is 2.17. The van der Waals surface area contributed by atoms with E-state index >= 15 is 0 Å². The maximum atomic E-state index is 12.0. The summed E-state index contributed by atoms with van der Waals surface area (Å²) in [5, 5.41) is 16.0. The summed E-state index contributed by atoms with van der Waals surface area (Å²) in [6.45, 7) is 6.90. The Bertz CT molecular complexity index is 843. The van der Waals surface area contributed by atoms with Gasteiger partial charge in [0.15, 0.2) is 5.16 Å². The number of imide groups is 1. The van der Waals surface area contributed by atoms with E-state index in [-0.39, 0.29) is 11.7 Å². The number of carbonyl (C=O) groups is 3. The summed E-state index contributed by atoms with van der Waals surface area (Å²) in [4.78, 5) is 34.9. The molecule has 0 aliphatic rings. The normalized spacial score (nSPS) is 11.0. The average Bonchev–Trinajstić information content (AvgIpc) is 2.99. The third kappa shape index (κ3) is 6.74. The summed E-state index contributed by atoms with van der Waals surface area (Å²) >= 11 is 1.15. The Morgan fingerprint density at radius 2 is 1.96 bits per heavy atom. The van der Waals surface area contributed by atoms with Crippen LogP contribution in [0.15, 0.2) is 35.7 Å². The minimum absolute atomic E-state index is 0.00163. The van der Waals surface area contributed by atoms with E-state index in [0.29, 0.717) is 10.8 Å². The summed E-state index contributed by atoms with van der Waals surface area (Å²) in [5.41, 5.74) is 0.942. The third-order valence-corrected chi connectivity index (χ3v) is 3.98. The van der Waals surface area contributed by atoms with E-state index in [4.69, 9.17) is 0 Å². The Kier molecular flexibility index (Phi) is 6.56. The Hall–Kier alpha value is -2.88. The molecule has 0 radical (unpaired) electrons. The van der Waals surface area contributed by atoms with Crippen molar-refractivity contribution >= 4 is 35.3 Å². The molecule has 0 atom stereocenters. The Morgan fingerprint density at radius 1 is 1.22 bits per heavy atom. The van der Waals surface area contributed by atoms with Crippen molar-refractivity contribution in [1.82, 2.24) is 25.4 Å². The first-order valence-electron chi connectivity index (χ1n) is 8.17. The predicted octanol–water partition coefficient (Wildman–Crippen LogP) is 1.94. The van der Waals surface area contributed by atoms with Gasteiger partial charge in [0, 0.05) is 18.2 Å². The molecule has 2 aromatic rings. The largest absolute Gasteiger partial charge is 0.333 e. The average molecular weight is 390 g/mol. The van der Waals surface area contributed by atoms with Gasteiger partial charge in [0.1, 0.15) is 6.33 Å². The van der Waals surface area contributed by atoms with Crippen LogP contribution in [0, 0.1) is 0 Å². The summed E-state index contributed by atoms with van der Waals surface area (Å²) in [6, 6.07) is 6.61. The second-order valence-corrected chi connectivity index (χ2v) is 7.70. The SMILES string of the molecule is CC(=O)Nc1cccc(-n2cnnc2SCC(=O)NC(=O)NC(C)(C)C)c1. The summed E-state index contributed by atoms with van der Waals surface area (Å²) in [6.07, 6.45) is 1.51. The van der Waals surface area contributed by atoms with Crippen LogP contribution in [-0.2, 0) is 9.59 Å². The zero-order chi connectivity index (χ0) is 20.0. The lowest BCUT2D eigenvalue weighted by molar-refractivity contribution is -0.117. The van der Waals surface area contributed by atoms with E-state index in [1.54, 1.807) is 22.8 Å². The maximum absolute atomic E-state index is 12.0. The number of benzene rings is 1. The Morgan fingerprint density at radius 3 is 2.63 bits per heavy atom. The minimum atomic E-state index is -0.544. The Labute approximate surface area is 161 Å². The van der Waals surface area contributed by atoms with Crippen molar-refractivity contribution in [3.63, 3.8) is 0 Å². The molecule has 0 saturated heterocycles. The van der Waals surface area contributed by atoms with Crippen molar-refractivity contribution in [1.29, 1.82) is 0 Å². The van der Waals surface area contributed by atoms with Crippen molar-refractivity contribution in [2.75, 3.05) is 11.1 Å². The van der Waals surface area contributed by atoms with Crippen molar-refractivity contribution in [3.05, 3.63) is 30.6 Å². The molecule has 1 aromatic heterocycles. The number of urea groups is 1. The number of anilines is 1. The van der Waals surface area contributed by atoms with Crippen LogP contribution < -0.4 is 16.0 Å². The molecule has 0 aliphatic heterocycles. The van der Waals surface area contributed by atoms with Gasteiger partial charge in [-0.2, -0.15) is 0 Å². The third-order valence-electron chi connectivity index (χ3n) is 3.04. The van der Waals surface area contributed by atoms with Crippen LogP contribution in [0.25, 0.3) is 5.69 Å². The van der Waals surface area contributed by atoms with Crippen LogP contribution in [0.5, 0.6) is 0 Å². The molecule has 27 heavy (non-hydrogen) atoms. The van der Waals surface area contributed by atoms with Gasteiger partial charge in [-0.25, -0.2) is 4.79 Å². The molecular formula is C17H22N6O3S. The van der Waals surface area contributed by atoms with Gasteiger partial charge >= 0.3 is 6.03 Å². The number of thioether (sulfide) groups is 1. The van der Waals surface area contributed by atoms with E-state index in [9.17, 15) is 14.4 Å². The van der Waals surface area contributed by atoms with Crippen molar-refractivity contribution in [3.8, 4) is 5.69 Å². The van der Waals surface area contributed by atoms with Gasteiger partial charge in [0.05, 0.1) is 11.4 Å². The van der Waals surface area contributed by atoms with Gasteiger partial charge < -0.3 is 10.6 Å². The fourth-order valence-corrected chi connectivity index (χ4v) is 2.83. The van der Waals surface area contributed by atoms with Gasteiger partial charge in [0.25, 0.3) is 0 Å². The number of aromatic nitrogens is 3. The summed E-state index contributed by atoms with van der Waals surface area (Å²) in [5.74, 6) is -0.610. The topological polar surface area (TPSA) is 118 Å². The fourth-order valence-electron chi connectivity index (χ4n) is 2.10. The molecule has 0 bridgehead atoms. The first kappa shape index (κ1) is 20.4. The van der Waals surface area contributed by atoms with E-state index in [0.717, 1.165) is 17.4 Å². The fraction of sp³-hybridized carbons (Fsp3) is 0.353. The second kappa shape index (κ2) is 8.67. The van der Waals surface area contributed by atoms with Gasteiger partial charge in [-0.3, -0.25) is 19.5 Å². The zero-order valence-electron chi connectivity index (χ0n) is 15.6. The number of nitrogens with zero attached hydrogens (tertiary/aromatic N) is 3. The van der Waals surface area contributed by atoms with Gasteiger partial charge in [-0.1, -0.05) is 17.8 Å². The molecule has 0 aliphatic carbocycles. The highest BCUT2D eigenvalue weighted by Crippen LogP contribution is 2.21. The molecule has 4 amide bonds. The molecule has 144 valence electrons. The Balaban J connectivity index is 2.00. The first-order valence-corrected chi connectivity index (χ1v) is 9.15. The van der Waals surface area contributed by atoms with Crippen LogP contribution in [0.3, 0.4) is 0 Å². The number of hydrogen-bond acceptors (Lipinski definition) is 6. The molecule has 10 heteroatoms. The molecule has 0 unspecified atom stereocenters. The van der Waals surface area contributed by atoms with Crippen molar-refractivity contribution in [2.24, 2.45) is 0 Å². The van der Waals surface area contributed by atoms with Gasteiger partial charge in [0.2, 0.25) is 11.8 Å². The predicted molar refractivity (Wildman–Crippen MR) is 103 cm³/mol. The van der Waals surface area contributed by atoms with Crippen LogP contribution in [0.2, 0.25) is 0 Å². The van der Waals surface area contributed by atoms with E-state index < -0.39 is 17.5 Å². The second-order valence-electron chi connectivity index (χ2n) is 6.76. The lowest BCUT2D eigenvalue weighted by atomic mass is 10.1. The molecule has 1 aromatic carbocycles. The lowest BCUT2D eigenvalue weighted by Crippen LogP contribution is -2.48. The van der Waals surface area contributed by atoms with E-state index in [1.165, 1.54) is 13.3 Å². The monoisotopic (exact) mass is 390 g/mol. The standard InChI is InChI=1S/C17H22N6O3S/c1-11(24)19-12-6-5-7-13(8-12)23-10-18-22-16(23)27-9-14(25)20-15(26)21-17(2,3)4/h5-8,10H,9H2,1-4H3,(H,19,24)(H2,20,21,25,26). The number of hydrogen-bond donors (Lipinski definition) is 3. The molecule has 2 rings (SSSR count). The lowest BCUT2D eigenvalue weighted by Gasteiger charge is -2.20. The van der Waals surface area contributed by atoms with Crippen LogP contribution in [-0.4, -0.2) is 43.9 Å². The molecule has 1 heterocycles. The van der Waals surface area contributed by atoms with Crippen LogP contribution in [0.4, 0.5) is 10.5 Å². The van der Waals surface area contributed by atoms with Crippen molar-refractivity contribution in [2.45, 2.75) is 38.4 Å². The molecular weight excluding hydrogens is 368 g/mol. The summed E-state index contributed by atoms with van der Waals surface area (Å²) < 4.78 is 1.69. The summed E-state index contributed by atoms with van der Waals surface area (Å²) in [7, 11) is 0. The number of amides is 4. The quantitative estimate of drug-likeness (QED) is 0.672. The van der Waals surface area contributed by atoms with Gasteiger partial charge in [-0.05, 0) is 39.0 Å². The van der Waals surface area contributed by atoms with Crippen LogP contribution in [0.1, 0.15) is 27.7 Å². The highest BCUT2D eigenvalue weighted by molar-refractivity contribution is 7.99. The van der Waals surface area contributed by atoms with E-state index in [1.807, 2.05) is 26.8 Å². The number of carbonyl (C=O) groups excluding carboxylic acids is 3. The number of rotatable bonds is 5. The maximum Gasteiger partial charge on any atom is 0.321 e. The van der Waals surface area contributed by atoms with Gasteiger partial charge in [-0.15, -0.1) is 10.2 Å². The van der Waals surface area contributed by atoms with Crippen LogP contribution >= 0.6 is 11.8 Å². The van der Waals surface area contributed by atoms with Crippen molar-refractivity contribution < 1.29 is 14.4 Å².